The topological polar surface area (TPSA) is 19.0 Å². The molecule has 2 aliphatic rings. The molecule has 1 unspecified atom stereocenters. The van der Waals surface area contributed by atoms with Gasteiger partial charge in [-0.1, -0.05) is 42.5 Å². The molecule has 1 atom stereocenters. The van der Waals surface area contributed by atoms with Crippen LogP contribution in [0.5, 0.6) is 0 Å². The number of para-hydroxylation sites is 1. The van der Waals surface area contributed by atoms with Gasteiger partial charge in [-0.2, -0.15) is 0 Å². The van der Waals surface area contributed by atoms with Gasteiger partial charge in [0.1, 0.15) is 5.82 Å². The predicted molar refractivity (Wildman–Crippen MR) is 109 cm³/mol. The Bertz CT molecular complexity index is 1000. The van der Waals surface area contributed by atoms with E-state index in [1.807, 2.05) is 12.1 Å². The lowest BCUT2D eigenvalue weighted by molar-refractivity contribution is 0.238. The van der Waals surface area contributed by atoms with Gasteiger partial charge in [-0.3, -0.25) is 4.90 Å². The number of aryl methyl sites for hydroxylation is 1. The van der Waals surface area contributed by atoms with Gasteiger partial charge in [0.2, 0.25) is 0 Å². The number of fused-ring (bicyclic) bond motifs is 3. The van der Waals surface area contributed by atoms with Crippen LogP contribution in [0.1, 0.15) is 29.7 Å². The number of nitrogens with zero attached hydrogens (tertiary/aromatic N) is 1. The minimum Gasteiger partial charge on any atom is -0.358 e. The third-order valence-electron chi connectivity index (χ3n) is 6.23. The van der Waals surface area contributed by atoms with Gasteiger partial charge < -0.3 is 4.98 Å². The van der Waals surface area contributed by atoms with Gasteiger partial charge in [0.25, 0.3) is 0 Å². The second-order valence-electron chi connectivity index (χ2n) is 7.96. The molecule has 0 radical (unpaired) electrons. The molecular weight excluding hydrogens is 335 g/mol. The van der Waals surface area contributed by atoms with Crippen LogP contribution in [-0.4, -0.2) is 29.5 Å². The van der Waals surface area contributed by atoms with Gasteiger partial charge >= 0.3 is 0 Å². The summed E-state index contributed by atoms with van der Waals surface area (Å²) in [5.74, 6) is 0.608. The van der Waals surface area contributed by atoms with E-state index in [1.165, 1.54) is 35.0 Å². The average Bonchev–Trinajstić information content (AvgIpc) is 3.07. The lowest BCUT2D eigenvalue weighted by atomic mass is 9.85. The van der Waals surface area contributed by atoms with Crippen LogP contribution >= 0.6 is 0 Å². The molecular formula is C24H25FN2. The first-order chi connectivity index (χ1) is 13.3. The summed E-state index contributed by atoms with van der Waals surface area (Å²) in [4.78, 5) is 6.15. The van der Waals surface area contributed by atoms with Crippen molar-refractivity contribution in [1.82, 2.24) is 9.88 Å². The molecule has 5 rings (SSSR count). The van der Waals surface area contributed by atoms with Crippen molar-refractivity contribution in [3.63, 3.8) is 0 Å². The molecule has 1 N–H and O–H groups in total. The maximum atomic E-state index is 14.0. The molecule has 0 bridgehead atoms. The van der Waals surface area contributed by atoms with E-state index in [0.29, 0.717) is 5.92 Å². The molecule has 138 valence electrons. The minimum absolute atomic E-state index is 0.101. The van der Waals surface area contributed by atoms with Crippen molar-refractivity contribution in [2.75, 3.05) is 19.6 Å². The third-order valence-corrected chi connectivity index (χ3v) is 6.23. The van der Waals surface area contributed by atoms with E-state index < -0.39 is 0 Å². The zero-order valence-corrected chi connectivity index (χ0v) is 15.5. The minimum atomic E-state index is -0.101. The third kappa shape index (κ3) is 3.21. The van der Waals surface area contributed by atoms with Crippen LogP contribution < -0.4 is 0 Å². The van der Waals surface area contributed by atoms with Gasteiger partial charge in [-0.05, 0) is 54.9 Å². The van der Waals surface area contributed by atoms with Crippen molar-refractivity contribution in [3.05, 3.63) is 77.2 Å². The lowest BCUT2D eigenvalue weighted by Crippen LogP contribution is -2.35. The summed E-state index contributed by atoms with van der Waals surface area (Å²) in [6, 6.07) is 15.8. The van der Waals surface area contributed by atoms with Crippen LogP contribution in [0.25, 0.3) is 16.5 Å². The molecule has 0 saturated carbocycles. The van der Waals surface area contributed by atoms with Crippen molar-refractivity contribution >= 4 is 16.5 Å². The number of hydrogen-bond donors (Lipinski definition) is 1. The number of hydrogen-bond acceptors (Lipinski definition) is 1. The quantitative estimate of drug-likeness (QED) is 0.680. The Morgan fingerprint density at radius 1 is 1.04 bits per heavy atom. The normalized spacial score (nSPS) is 20.5. The Kier molecular flexibility index (Phi) is 4.33. The largest absolute Gasteiger partial charge is 0.358 e. The fraction of sp³-hybridized carbons (Fsp3) is 0.333. The van der Waals surface area contributed by atoms with E-state index in [4.69, 9.17) is 0 Å². The highest BCUT2D eigenvalue weighted by Gasteiger charge is 2.25. The Balaban J connectivity index is 1.27. The Hall–Kier alpha value is -2.39. The molecule has 2 heterocycles. The number of halogens is 1. The van der Waals surface area contributed by atoms with E-state index in [9.17, 15) is 4.39 Å². The van der Waals surface area contributed by atoms with Gasteiger partial charge in [-0.15, -0.1) is 0 Å². The molecule has 3 heteroatoms. The van der Waals surface area contributed by atoms with Crippen LogP contribution in [0.15, 0.2) is 54.6 Å². The fourth-order valence-electron chi connectivity index (χ4n) is 4.81. The first-order valence-corrected chi connectivity index (χ1v) is 10.0. The van der Waals surface area contributed by atoms with Gasteiger partial charge in [0.15, 0.2) is 0 Å². The standard InChI is InChI=1S/C24H25FN2/c25-22-7-3-1-5-19(22)18-11-13-27(14-12-18)16-17-9-10-24-21(15-17)20-6-2-4-8-23(20)26-24/h1-8,11,17,26H,9-10,12-16H2. The van der Waals surface area contributed by atoms with Crippen molar-refractivity contribution in [2.24, 2.45) is 5.92 Å². The second-order valence-corrected chi connectivity index (χ2v) is 7.96. The zero-order valence-electron chi connectivity index (χ0n) is 15.5. The number of benzene rings is 2. The van der Waals surface area contributed by atoms with Gasteiger partial charge in [0, 0.05) is 41.8 Å². The van der Waals surface area contributed by atoms with Crippen molar-refractivity contribution in [3.8, 4) is 0 Å². The first-order valence-electron chi connectivity index (χ1n) is 10.0. The first kappa shape index (κ1) is 16.8. The highest BCUT2D eigenvalue weighted by Crippen LogP contribution is 2.33. The van der Waals surface area contributed by atoms with Crippen LogP contribution in [0.2, 0.25) is 0 Å². The summed E-state index contributed by atoms with van der Waals surface area (Å²) in [7, 11) is 0. The van der Waals surface area contributed by atoms with Crippen molar-refractivity contribution in [1.29, 1.82) is 0 Å². The predicted octanol–water partition coefficient (Wildman–Crippen LogP) is 5.20. The van der Waals surface area contributed by atoms with E-state index in [2.05, 4.69) is 40.2 Å². The summed E-state index contributed by atoms with van der Waals surface area (Å²) < 4.78 is 14.0. The van der Waals surface area contributed by atoms with Gasteiger partial charge in [-0.25, -0.2) is 4.39 Å². The molecule has 0 amide bonds. The van der Waals surface area contributed by atoms with E-state index in [0.717, 1.165) is 43.6 Å². The molecule has 1 aliphatic carbocycles. The Labute approximate surface area is 159 Å². The summed E-state index contributed by atoms with van der Waals surface area (Å²) in [5, 5.41) is 1.40. The molecule has 3 aromatic rings. The lowest BCUT2D eigenvalue weighted by Gasteiger charge is -2.32. The maximum absolute atomic E-state index is 14.0. The van der Waals surface area contributed by atoms with E-state index in [-0.39, 0.29) is 5.82 Å². The molecule has 0 fully saturated rings. The van der Waals surface area contributed by atoms with Gasteiger partial charge in [0.05, 0.1) is 0 Å². The molecule has 0 spiro atoms. The monoisotopic (exact) mass is 360 g/mol. The SMILES string of the molecule is Fc1ccccc1C1=CCN(CC2CCc3[nH]c4ccccc4c3C2)CC1. The number of aromatic amines is 1. The summed E-state index contributed by atoms with van der Waals surface area (Å²) >= 11 is 0. The number of nitrogens with one attached hydrogen (secondary N) is 1. The average molecular weight is 360 g/mol. The molecule has 27 heavy (non-hydrogen) atoms. The van der Waals surface area contributed by atoms with Crippen LogP contribution in [0.4, 0.5) is 4.39 Å². The Morgan fingerprint density at radius 2 is 1.89 bits per heavy atom. The summed E-state index contributed by atoms with van der Waals surface area (Å²) in [6.45, 7) is 3.10. The summed E-state index contributed by atoms with van der Waals surface area (Å²) in [6.07, 6.45) is 6.73. The highest BCUT2D eigenvalue weighted by molar-refractivity contribution is 5.84. The van der Waals surface area contributed by atoms with Crippen molar-refractivity contribution in [2.45, 2.75) is 25.7 Å². The Morgan fingerprint density at radius 3 is 2.74 bits per heavy atom. The zero-order chi connectivity index (χ0) is 18.2. The molecule has 1 aromatic heterocycles. The smallest absolute Gasteiger partial charge is 0.130 e. The highest BCUT2D eigenvalue weighted by atomic mass is 19.1. The van der Waals surface area contributed by atoms with Crippen LogP contribution in [-0.2, 0) is 12.8 Å². The molecule has 1 aliphatic heterocycles. The maximum Gasteiger partial charge on any atom is 0.130 e. The fourth-order valence-corrected chi connectivity index (χ4v) is 4.81. The molecule has 2 nitrogen and oxygen atoms in total. The molecule has 2 aromatic carbocycles. The second kappa shape index (κ2) is 6.97. The summed E-state index contributed by atoms with van der Waals surface area (Å²) in [5.41, 5.74) is 6.18. The number of aromatic nitrogens is 1. The number of rotatable bonds is 3. The van der Waals surface area contributed by atoms with E-state index >= 15 is 0 Å². The number of H-pyrrole nitrogens is 1. The van der Waals surface area contributed by atoms with E-state index in [1.54, 1.807) is 12.1 Å². The molecule has 0 saturated heterocycles. The van der Waals surface area contributed by atoms with Crippen LogP contribution in [0, 0.1) is 11.7 Å². The van der Waals surface area contributed by atoms with Crippen molar-refractivity contribution < 1.29 is 4.39 Å². The van der Waals surface area contributed by atoms with Crippen LogP contribution in [0.3, 0.4) is 0 Å².